The van der Waals surface area contributed by atoms with Gasteiger partial charge < -0.3 is 15.0 Å². The van der Waals surface area contributed by atoms with Crippen molar-refractivity contribution in [1.82, 2.24) is 5.32 Å². The summed E-state index contributed by atoms with van der Waals surface area (Å²) < 4.78 is 4.69. The molecule has 138 valence electrons. The molecule has 0 spiro atoms. The third-order valence-electron chi connectivity index (χ3n) is 4.15. The Labute approximate surface area is 158 Å². The van der Waals surface area contributed by atoms with Crippen molar-refractivity contribution < 1.29 is 14.3 Å². The predicted molar refractivity (Wildman–Crippen MR) is 104 cm³/mol. The van der Waals surface area contributed by atoms with Gasteiger partial charge in [-0.15, -0.1) is 0 Å². The topological polar surface area (TPSA) is 58.6 Å². The van der Waals surface area contributed by atoms with Gasteiger partial charge in [-0.1, -0.05) is 30.7 Å². The molecule has 0 heterocycles. The summed E-state index contributed by atoms with van der Waals surface area (Å²) in [5.74, 6) is -0.448. The number of amides is 1. The van der Waals surface area contributed by atoms with Crippen molar-refractivity contribution in [3.8, 4) is 0 Å². The molecule has 2 aromatic carbocycles. The number of nitrogens with one attached hydrogen (secondary N) is 1. The predicted octanol–water partition coefficient (Wildman–Crippen LogP) is 3.73. The van der Waals surface area contributed by atoms with Gasteiger partial charge in [0.25, 0.3) is 5.91 Å². The van der Waals surface area contributed by atoms with Gasteiger partial charge in [-0.05, 0) is 41.8 Å². The van der Waals surface area contributed by atoms with Crippen LogP contribution in [-0.2, 0) is 4.74 Å². The summed E-state index contributed by atoms with van der Waals surface area (Å²) >= 11 is 6.04. The third kappa shape index (κ3) is 4.76. The molecule has 0 aliphatic rings. The van der Waals surface area contributed by atoms with Gasteiger partial charge in [0.1, 0.15) is 0 Å². The fourth-order valence-electron chi connectivity index (χ4n) is 2.60. The summed E-state index contributed by atoms with van der Waals surface area (Å²) in [6, 6.07) is 12.4. The second kappa shape index (κ2) is 8.72. The molecule has 2 aromatic rings. The van der Waals surface area contributed by atoms with Crippen LogP contribution in [-0.4, -0.2) is 39.6 Å². The lowest BCUT2D eigenvalue weighted by atomic mass is 9.99. The zero-order valence-electron chi connectivity index (χ0n) is 15.4. The highest BCUT2D eigenvalue weighted by Crippen LogP contribution is 2.23. The highest BCUT2D eigenvalue weighted by Gasteiger charge is 2.15. The van der Waals surface area contributed by atoms with E-state index in [9.17, 15) is 9.59 Å². The van der Waals surface area contributed by atoms with Crippen LogP contribution >= 0.6 is 11.6 Å². The maximum absolute atomic E-state index is 12.6. The minimum Gasteiger partial charge on any atom is -0.465 e. The Kier molecular flexibility index (Phi) is 6.64. The van der Waals surface area contributed by atoms with Crippen LogP contribution in [0.4, 0.5) is 5.69 Å². The fraction of sp³-hybridized carbons (Fsp3) is 0.300. The molecule has 1 N–H and O–H groups in total. The van der Waals surface area contributed by atoms with Crippen molar-refractivity contribution in [1.29, 1.82) is 0 Å². The molecule has 1 amide bonds. The first-order valence-corrected chi connectivity index (χ1v) is 8.64. The normalized spacial score (nSPS) is 11.6. The van der Waals surface area contributed by atoms with Crippen LogP contribution in [0.25, 0.3) is 0 Å². The Morgan fingerprint density at radius 3 is 2.38 bits per heavy atom. The number of esters is 1. The Bertz CT molecular complexity index is 788. The molecule has 2 rings (SSSR count). The lowest BCUT2D eigenvalue weighted by Crippen LogP contribution is -2.29. The number of anilines is 1. The van der Waals surface area contributed by atoms with Crippen molar-refractivity contribution in [2.24, 2.45) is 0 Å². The number of carbonyl (C=O) groups is 2. The molecule has 0 fully saturated rings. The number of carbonyl (C=O) groups excluding carboxylic acids is 2. The third-order valence-corrected chi connectivity index (χ3v) is 4.39. The number of methoxy groups -OCH3 is 1. The summed E-state index contributed by atoms with van der Waals surface area (Å²) in [6.07, 6.45) is 0. The summed E-state index contributed by atoms with van der Waals surface area (Å²) in [5.41, 5.74) is 2.87. The van der Waals surface area contributed by atoms with Gasteiger partial charge in [-0.3, -0.25) is 4.79 Å². The summed E-state index contributed by atoms with van der Waals surface area (Å²) in [6.45, 7) is 2.48. The molecule has 0 aromatic heterocycles. The van der Waals surface area contributed by atoms with Crippen LogP contribution in [0.15, 0.2) is 42.5 Å². The second-order valence-electron chi connectivity index (χ2n) is 6.28. The Morgan fingerprint density at radius 2 is 1.81 bits per heavy atom. The molecule has 0 saturated heterocycles. The molecule has 0 saturated carbocycles. The molecule has 1 atom stereocenters. The van der Waals surface area contributed by atoms with Crippen LogP contribution in [0.3, 0.4) is 0 Å². The van der Waals surface area contributed by atoms with E-state index in [1.54, 1.807) is 24.3 Å². The average Bonchev–Trinajstić information content (AvgIpc) is 2.64. The van der Waals surface area contributed by atoms with Gasteiger partial charge >= 0.3 is 5.97 Å². The number of hydrogen-bond acceptors (Lipinski definition) is 4. The second-order valence-corrected chi connectivity index (χ2v) is 6.72. The van der Waals surface area contributed by atoms with E-state index in [-0.39, 0.29) is 17.8 Å². The molecule has 6 heteroatoms. The zero-order valence-corrected chi connectivity index (χ0v) is 16.1. The molecule has 0 radical (unpaired) electrons. The van der Waals surface area contributed by atoms with Crippen molar-refractivity contribution in [3.63, 3.8) is 0 Å². The highest BCUT2D eigenvalue weighted by atomic mass is 35.5. The number of rotatable bonds is 6. The van der Waals surface area contributed by atoms with Crippen LogP contribution in [0, 0.1) is 0 Å². The van der Waals surface area contributed by atoms with Gasteiger partial charge in [-0.2, -0.15) is 0 Å². The summed E-state index contributed by atoms with van der Waals surface area (Å²) in [5, 5.41) is 3.47. The van der Waals surface area contributed by atoms with Gasteiger partial charge in [0.2, 0.25) is 0 Å². The zero-order chi connectivity index (χ0) is 19.3. The van der Waals surface area contributed by atoms with E-state index in [0.717, 1.165) is 11.3 Å². The quantitative estimate of drug-likeness (QED) is 0.783. The Hall–Kier alpha value is -2.53. The van der Waals surface area contributed by atoms with Crippen molar-refractivity contribution in [2.75, 3.05) is 32.6 Å². The van der Waals surface area contributed by atoms with Crippen molar-refractivity contribution in [2.45, 2.75) is 12.8 Å². The first-order valence-electron chi connectivity index (χ1n) is 8.26. The lowest BCUT2D eigenvalue weighted by molar-refractivity contribution is 0.0600. The molecule has 0 aliphatic heterocycles. The molecule has 0 bridgehead atoms. The number of nitrogens with zero attached hydrogens (tertiary/aromatic N) is 1. The minimum absolute atomic E-state index is 0.0904. The van der Waals surface area contributed by atoms with E-state index < -0.39 is 0 Å². The first-order chi connectivity index (χ1) is 12.3. The number of hydrogen-bond donors (Lipinski definition) is 1. The Balaban J connectivity index is 2.05. The molecular formula is C20H23ClN2O3. The number of benzene rings is 2. The molecule has 26 heavy (non-hydrogen) atoms. The maximum atomic E-state index is 12.6. The number of ether oxygens (including phenoxy) is 1. The molecule has 1 unspecified atom stereocenters. The molecular weight excluding hydrogens is 352 g/mol. The van der Waals surface area contributed by atoms with Crippen LogP contribution in [0.1, 0.15) is 39.1 Å². The lowest BCUT2D eigenvalue weighted by Gasteiger charge is -2.19. The van der Waals surface area contributed by atoms with Crippen LogP contribution in [0.2, 0.25) is 5.02 Å². The van der Waals surface area contributed by atoms with Gasteiger partial charge in [0.15, 0.2) is 0 Å². The van der Waals surface area contributed by atoms with Gasteiger partial charge in [0, 0.05) is 31.4 Å². The Morgan fingerprint density at radius 1 is 1.15 bits per heavy atom. The summed E-state index contributed by atoms with van der Waals surface area (Å²) in [7, 11) is 5.11. The maximum Gasteiger partial charge on any atom is 0.337 e. The van der Waals surface area contributed by atoms with E-state index in [1.165, 1.54) is 7.11 Å². The van der Waals surface area contributed by atoms with E-state index in [2.05, 4.69) is 5.32 Å². The van der Waals surface area contributed by atoms with Gasteiger partial charge in [0.05, 0.1) is 18.2 Å². The monoisotopic (exact) mass is 374 g/mol. The minimum atomic E-state index is -0.366. The van der Waals surface area contributed by atoms with Crippen LogP contribution in [0.5, 0.6) is 0 Å². The van der Waals surface area contributed by atoms with E-state index >= 15 is 0 Å². The van der Waals surface area contributed by atoms with Gasteiger partial charge in [-0.25, -0.2) is 4.79 Å². The van der Waals surface area contributed by atoms with E-state index in [4.69, 9.17) is 16.3 Å². The fourth-order valence-corrected chi connectivity index (χ4v) is 2.78. The smallest absolute Gasteiger partial charge is 0.337 e. The van der Waals surface area contributed by atoms with Crippen molar-refractivity contribution in [3.05, 3.63) is 64.2 Å². The SMILES string of the molecule is COC(=O)c1ccc(C(C)CNC(=O)c2cc(Cl)ccc2N(C)C)cc1. The molecule has 0 aliphatic carbocycles. The first kappa shape index (κ1) is 19.8. The largest absolute Gasteiger partial charge is 0.465 e. The van der Waals surface area contributed by atoms with Crippen molar-refractivity contribution >= 4 is 29.2 Å². The van der Waals surface area contributed by atoms with E-state index in [0.29, 0.717) is 22.7 Å². The van der Waals surface area contributed by atoms with Crippen LogP contribution < -0.4 is 10.2 Å². The summed E-state index contributed by atoms with van der Waals surface area (Å²) in [4.78, 5) is 25.9. The molecule has 5 nitrogen and oxygen atoms in total. The van der Waals surface area contributed by atoms with E-state index in [1.807, 2.05) is 44.1 Å². The number of halogens is 1. The highest BCUT2D eigenvalue weighted by molar-refractivity contribution is 6.31. The standard InChI is InChI=1S/C20H23ClN2O3/c1-13(14-5-7-15(8-6-14)20(25)26-4)12-22-19(24)17-11-16(21)9-10-18(17)23(2)3/h5-11,13H,12H2,1-4H3,(H,22,24). The average molecular weight is 375 g/mol.